The Morgan fingerprint density at radius 3 is 2.71 bits per heavy atom. The van der Waals surface area contributed by atoms with Crippen molar-refractivity contribution >= 4 is 6.29 Å². The van der Waals surface area contributed by atoms with Crippen LogP contribution < -0.4 is 0 Å². The monoisotopic (exact) mass is 196 g/mol. The predicted octanol–water partition coefficient (Wildman–Crippen LogP) is 4.13. The molecule has 1 heteroatoms. The van der Waals surface area contributed by atoms with Crippen LogP contribution in [0, 0.1) is 5.92 Å². The van der Waals surface area contributed by atoms with E-state index < -0.39 is 0 Å². The van der Waals surface area contributed by atoms with Crippen molar-refractivity contribution in [3.63, 3.8) is 0 Å². The van der Waals surface area contributed by atoms with Gasteiger partial charge in [0.1, 0.15) is 6.29 Å². The number of hydrogen-bond donors (Lipinski definition) is 0. The van der Waals surface area contributed by atoms with Crippen molar-refractivity contribution in [3.8, 4) is 0 Å². The summed E-state index contributed by atoms with van der Waals surface area (Å²) in [5.74, 6) is 0.544. The van der Waals surface area contributed by atoms with Crippen LogP contribution in [0.5, 0.6) is 0 Å². The molecule has 0 aromatic carbocycles. The number of carbonyl (C=O) groups excluding carboxylic acids is 1. The maximum atomic E-state index is 10.2. The van der Waals surface area contributed by atoms with Crippen molar-refractivity contribution in [1.29, 1.82) is 0 Å². The molecule has 0 rings (SSSR count). The Kier molecular flexibility index (Phi) is 8.61. The van der Waals surface area contributed by atoms with Crippen molar-refractivity contribution in [3.05, 3.63) is 11.6 Å². The SMILES string of the molecule is CCCCC(C)=CCCC(C)CC=O. The molecular formula is C13H24O. The molecule has 1 unspecified atom stereocenters. The fraction of sp³-hybridized carbons (Fsp3) is 0.769. The molecular weight excluding hydrogens is 172 g/mol. The Bertz CT molecular complexity index is 170. The summed E-state index contributed by atoms with van der Waals surface area (Å²) in [5, 5.41) is 0. The first-order valence-electron chi connectivity index (χ1n) is 5.80. The van der Waals surface area contributed by atoms with Crippen molar-refractivity contribution < 1.29 is 4.79 Å². The normalized spacial score (nSPS) is 14.1. The van der Waals surface area contributed by atoms with Gasteiger partial charge in [0.05, 0.1) is 0 Å². The number of aldehydes is 1. The second kappa shape index (κ2) is 8.98. The van der Waals surface area contributed by atoms with E-state index in [9.17, 15) is 4.79 Å². The van der Waals surface area contributed by atoms with E-state index in [0.29, 0.717) is 12.3 Å². The molecule has 0 N–H and O–H groups in total. The highest BCUT2D eigenvalue weighted by molar-refractivity contribution is 5.49. The topological polar surface area (TPSA) is 17.1 Å². The number of unbranched alkanes of at least 4 members (excludes halogenated alkanes) is 1. The molecule has 0 radical (unpaired) electrons. The average Bonchev–Trinajstić information content (AvgIpc) is 2.15. The van der Waals surface area contributed by atoms with Gasteiger partial charge in [0, 0.05) is 6.42 Å². The Labute approximate surface area is 88.6 Å². The lowest BCUT2D eigenvalue weighted by atomic mass is 10.0. The van der Waals surface area contributed by atoms with Crippen molar-refractivity contribution in [2.75, 3.05) is 0 Å². The number of hydrogen-bond acceptors (Lipinski definition) is 1. The number of rotatable bonds is 8. The van der Waals surface area contributed by atoms with Gasteiger partial charge in [-0.3, -0.25) is 0 Å². The first-order valence-corrected chi connectivity index (χ1v) is 5.80. The molecule has 14 heavy (non-hydrogen) atoms. The minimum absolute atomic E-state index is 0.544. The fourth-order valence-corrected chi connectivity index (χ4v) is 1.45. The van der Waals surface area contributed by atoms with Crippen LogP contribution in [0.25, 0.3) is 0 Å². The van der Waals surface area contributed by atoms with E-state index >= 15 is 0 Å². The van der Waals surface area contributed by atoms with Gasteiger partial charge >= 0.3 is 0 Å². The standard InChI is InChI=1S/C13H24O/c1-4-5-7-12(2)8-6-9-13(3)10-11-14/h8,11,13H,4-7,9-10H2,1-3H3. The van der Waals surface area contributed by atoms with E-state index in [1.54, 1.807) is 0 Å². The fourth-order valence-electron chi connectivity index (χ4n) is 1.45. The van der Waals surface area contributed by atoms with Crippen LogP contribution in [0.2, 0.25) is 0 Å². The van der Waals surface area contributed by atoms with Crippen LogP contribution in [0.3, 0.4) is 0 Å². The molecule has 0 saturated heterocycles. The van der Waals surface area contributed by atoms with E-state index in [1.165, 1.54) is 24.8 Å². The summed E-state index contributed by atoms with van der Waals surface area (Å²) < 4.78 is 0. The van der Waals surface area contributed by atoms with Crippen LogP contribution in [-0.4, -0.2) is 6.29 Å². The van der Waals surface area contributed by atoms with Crippen molar-refractivity contribution in [2.45, 2.75) is 59.3 Å². The highest BCUT2D eigenvalue weighted by Crippen LogP contribution is 2.12. The third-order valence-electron chi connectivity index (χ3n) is 2.58. The minimum Gasteiger partial charge on any atom is -0.303 e. The van der Waals surface area contributed by atoms with Crippen LogP contribution in [-0.2, 0) is 4.79 Å². The summed E-state index contributed by atoms with van der Waals surface area (Å²) in [4.78, 5) is 10.2. The predicted molar refractivity (Wildman–Crippen MR) is 62.4 cm³/mol. The molecule has 0 saturated carbocycles. The summed E-state index contributed by atoms with van der Waals surface area (Å²) in [6, 6.07) is 0. The second-order valence-electron chi connectivity index (χ2n) is 4.24. The summed E-state index contributed by atoms with van der Waals surface area (Å²) in [6.45, 7) is 6.57. The molecule has 0 aliphatic carbocycles. The van der Waals surface area contributed by atoms with E-state index in [0.717, 1.165) is 19.1 Å². The van der Waals surface area contributed by atoms with Crippen LogP contribution in [0.4, 0.5) is 0 Å². The molecule has 1 atom stereocenters. The molecule has 0 aromatic rings. The lowest BCUT2D eigenvalue weighted by Crippen LogP contribution is -1.94. The molecule has 0 amide bonds. The van der Waals surface area contributed by atoms with Crippen LogP contribution in [0.1, 0.15) is 59.3 Å². The maximum Gasteiger partial charge on any atom is 0.120 e. The lowest BCUT2D eigenvalue weighted by Gasteiger charge is -2.05. The molecule has 0 aromatic heterocycles. The molecule has 0 aliphatic heterocycles. The van der Waals surface area contributed by atoms with Gasteiger partial charge < -0.3 is 4.79 Å². The third kappa shape index (κ3) is 8.03. The lowest BCUT2D eigenvalue weighted by molar-refractivity contribution is -0.108. The summed E-state index contributed by atoms with van der Waals surface area (Å²) >= 11 is 0. The van der Waals surface area contributed by atoms with E-state index in [-0.39, 0.29) is 0 Å². The zero-order valence-corrected chi connectivity index (χ0v) is 9.88. The smallest absolute Gasteiger partial charge is 0.120 e. The number of carbonyl (C=O) groups is 1. The Morgan fingerprint density at radius 1 is 1.43 bits per heavy atom. The average molecular weight is 196 g/mol. The van der Waals surface area contributed by atoms with Gasteiger partial charge in [-0.05, 0) is 38.5 Å². The summed E-state index contributed by atoms with van der Waals surface area (Å²) in [6.07, 6.45) is 10.1. The van der Waals surface area contributed by atoms with Gasteiger partial charge in [0.2, 0.25) is 0 Å². The van der Waals surface area contributed by atoms with E-state index in [2.05, 4.69) is 26.8 Å². The first kappa shape index (κ1) is 13.4. The Morgan fingerprint density at radius 2 is 2.14 bits per heavy atom. The zero-order valence-electron chi connectivity index (χ0n) is 9.88. The highest BCUT2D eigenvalue weighted by atomic mass is 16.1. The molecule has 0 bridgehead atoms. The summed E-state index contributed by atoms with van der Waals surface area (Å²) in [7, 11) is 0. The van der Waals surface area contributed by atoms with Gasteiger partial charge in [-0.1, -0.05) is 31.9 Å². The van der Waals surface area contributed by atoms with Crippen molar-refractivity contribution in [2.24, 2.45) is 5.92 Å². The highest BCUT2D eigenvalue weighted by Gasteiger charge is 1.99. The van der Waals surface area contributed by atoms with Crippen molar-refractivity contribution in [1.82, 2.24) is 0 Å². The maximum absolute atomic E-state index is 10.2. The van der Waals surface area contributed by atoms with Gasteiger partial charge in [0.15, 0.2) is 0 Å². The molecule has 0 heterocycles. The first-order chi connectivity index (χ1) is 6.70. The molecule has 0 spiro atoms. The number of allylic oxidation sites excluding steroid dienone is 2. The Balaban J connectivity index is 3.53. The molecule has 82 valence electrons. The van der Waals surface area contributed by atoms with Crippen LogP contribution in [0.15, 0.2) is 11.6 Å². The largest absolute Gasteiger partial charge is 0.303 e. The van der Waals surface area contributed by atoms with E-state index in [4.69, 9.17) is 0 Å². The summed E-state index contributed by atoms with van der Waals surface area (Å²) in [5.41, 5.74) is 1.50. The zero-order chi connectivity index (χ0) is 10.8. The molecule has 1 nitrogen and oxygen atoms in total. The minimum atomic E-state index is 0.544. The van der Waals surface area contributed by atoms with Gasteiger partial charge in [-0.15, -0.1) is 0 Å². The second-order valence-corrected chi connectivity index (χ2v) is 4.24. The Hall–Kier alpha value is -0.590. The van der Waals surface area contributed by atoms with E-state index in [1.807, 2.05) is 0 Å². The van der Waals surface area contributed by atoms with Gasteiger partial charge in [0.25, 0.3) is 0 Å². The quantitative estimate of drug-likeness (QED) is 0.421. The van der Waals surface area contributed by atoms with Gasteiger partial charge in [-0.2, -0.15) is 0 Å². The third-order valence-corrected chi connectivity index (χ3v) is 2.58. The van der Waals surface area contributed by atoms with Gasteiger partial charge in [-0.25, -0.2) is 0 Å². The van der Waals surface area contributed by atoms with Crippen LogP contribution >= 0.6 is 0 Å². The molecule has 0 fully saturated rings. The molecule has 0 aliphatic rings.